The molecule has 27 heavy (non-hydrogen) atoms. The van der Waals surface area contributed by atoms with Gasteiger partial charge in [0.05, 0.1) is 18.5 Å². The summed E-state index contributed by atoms with van der Waals surface area (Å²) in [5.74, 6) is -0.0287. The Morgan fingerprint density at radius 2 is 2.19 bits per heavy atom. The smallest absolute Gasteiger partial charge is 0.291 e. The summed E-state index contributed by atoms with van der Waals surface area (Å²) in [5, 5.41) is 5.98. The Bertz CT molecular complexity index is 891. The summed E-state index contributed by atoms with van der Waals surface area (Å²) in [6, 6.07) is 4.96. The molecule has 0 saturated heterocycles. The van der Waals surface area contributed by atoms with Crippen LogP contribution in [0.3, 0.4) is 0 Å². The van der Waals surface area contributed by atoms with E-state index in [4.69, 9.17) is 16.3 Å². The van der Waals surface area contributed by atoms with Gasteiger partial charge in [0, 0.05) is 18.1 Å². The number of hydrogen-bond acceptors (Lipinski definition) is 4. The third-order valence-electron chi connectivity index (χ3n) is 4.35. The number of fused-ring (bicyclic) bond motifs is 1. The van der Waals surface area contributed by atoms with Crippen LogP contribution in [0.5, 0.6) is 5.75 Å². The topological polar surface area (TPSA) is 85.2 Å². The molecule has 2 N–H and O–H groups in total. The molecule has 1 aromatic heterocycles. The SMILES string of the molecule is C=CCNC(=O)c1nc(C(=O)Nc2cc(Cl)ccc2OC)n2c1CCCC2. The third kappa shape index (κ3) is 3.98. The van der Waals surface area contributed by atoms with Gasteiger partial charge in [0.15, 0.2) is 5.82 Å². The van der Waals surface area contributed by atoms with Crippen molar-refractivity contribution >= 4 is 29.1 Å². The maximum atomic E-state index is 12.9. The van der Waals surface area contributed by atoms with Gasteiger partial charge in [-0.3, -0.25) is 9.59 Å². The quantitative estimate of drug-likeness (QED) is 0.745. The van der Waals surface area contributed by atoms with Crippen LogP contribution in [0.2, 0.25) is 5.02 Å². The van der Waals surface area contributed by atoms with E-state index in [9.17, 15) is 9.59 Å². The maximum Gasteiger partial charge on any atom is 0.291 e. The van der Waals surface area contributed by atoms with Gasteiger partial charge in [-0.1, -0.05) is 17.7 Å². The van der Waals surface area contributed by atoms with Crippen LogP contribution >= 0.6 is 11.6 Å². The van der Waals surface area contributed by atoms with Gasteiger partial charge in [-0.25, -0.2) is 4.98 Å². The molecule has 7 nitrogen and oxygen atoms in total. The molecule has 1 aliphatic heterocycles. The van der Waals surface area contributed by atoms with Crippen molar-refractivity contribution in [3.8, 4) is 5.75 Å². The molecule has 0 saturated carbocycles. The lowest BCUT2D eigenvalue weighted by molar-refractivity contribution is 0.0952. The molecular formula is C19H21ClN4O3. The largest absolute Gasteiger partial charge is 0.495 e. The van der Waals surface area contributed by atoms with Crippen molar-refractivity contribution in [2.75, 3.05) is 19.0 Å². The first-order chi connectivity index (χ1) is 13.0. The minimum atomic E-state index is -0.415. The van der Waals surface area contributed by atoms with E-state index in [1.54, 1.807) is 24.3 Å². The number of methoxy groups -OCH3 is 1. The van der Waals surface area contributed by atoms with Crippen LogP contribution < -0.4 is 15.4 Å². The van der Waals surface area contributed by atoms with Gasteiger partial charge in [0.25, 0.3) is 11.8 Å². The number of carbonyl (C=O) groups is 2. The fourth-order valence-corrected chi connectivity index (χ4v) is 3.28. The number of rotatable bonds is 6. The summed E-state index contributed by atoms with van der Waals surface area (Å²) in [4.78, 5) is 29.6. The zero-order valence-corrected chi connectivity index (χ0v) is 15.8. The van der Waals surface area contributed by atoms with Crippen LogP contribution in [0, 0.1) is 0 Å². The molecule has 142 valence electrons. The number of anilines is 1. The van der Waals surface area contributed by atoms with Gasteiger partial charge in [0.2, 0.25) is 0 Å². The van der Waals surface area contributed by atoms with Gasteiger partial charge in [-0.2, -0.15) is 0 Å². The second-order valence-electron chi connectivity index (χ2n) is 6.14. The van der Waals surface area contributed by atoms with Crippen LogP contribution in [0.1, 0.15) is 39.6 Å². The van der Waals surface area contributed by atoms with E-state index < -0.39 is 5.91 Å². The summed E-state index contributed by atoms with van der Waals surface area (Å²) in [5.41, 5.74) is 1.52. The average molecular weight is 389 g/mol. The molecule has 0 atom stereocenters. The Kier molecular flexibility index (Phi) is 5.81. The number of ether oxygens (including phenoxy) is 1. The standard InChI is InChI=1S/C19H21ClN4O3/c1-3-9-21-18(25)16-14-6-4-5-10-24(14)17(23-16)19(26)22-13-11-12(20)7-8-15(13)27-2/h3,7-8,11H,1,4-6,9-10H2,2H3,(H,21,25)(H,22,26). The van der Waals surface area contributed by atoms with E-state index in [0.29, 0.717) is 41.7 Å². The molecule has 0 radical (unpaired) electrons. The number of hydrogen-bond donors (Lipinski definition) is 2. The molecule has 0 spiro atoms. The first kappa shape index (κ1) is 19.0. The summed E-state index contributed by atoms with van der Waals surface area (Å²) in [6.45, 7) is 4.58. The number of nitrogens with zero attached hydrogens (tertiary/aromatic N) is 2. The first-order valence-electron chi connectivity index (χ1n) is 8.68. The number of amides is 2. The Morgan fingerprint density at radius 1 is 1.37 bits per heavy atom. The zero-order chi connectivity index (χ0) is 19.4. The second kappa shape index (κ2) is 8.26. The number of imidazole rings is 1. The molecule has 0 aliphatic carbocycles. The lowest BCUT2D eigenvalue weighted by atomic mass is 10.1. The van der Waals surface area contributed by atoms with Crippen LogP contribution in [-0.4, -0.2) is 35.0 Å². The zero-order valence-electron chi connectivity index (χ0n) is 15.0. The normalized spacial score (nSPS) is 12.8. The van der Waals surface area contributed by atoms with Gasteiger partial charge in [-0.15, -0.1) is 6.58 Å². The van der Waals surface area contributed by atoms with Crippen molar-refractivity contribution in [1.29, 1.82) is 0 Å². The lowest BCUT2D eigenvalue weighted by Crippen LogP contribution is -2.25. The van der Waals surface area contributed by atoms with Crippen molar-refractivity contribution in [1.82, 2.24) is 14.9 Å². The van der Waals surface area contributed by atoms with E-state index >= 15 is 0 Å². The van der Waals surface area contributed by atoms with Crippen molar-refractivity contribution < 1.29 is 14.3 Å². The average Bonchev–Trinajstić information content (AvgIpc) is 3.06. The van der Waals surface area contributed by atoms with Gasteiger partial charge >= 0.3 is 0 Å². The molecule has 0 fully saturated rings. The molecule has 1 aromatic carbocycles. The number of aromatic nitrogens is 2. The van der Waals surface area contributed by atoms with E-state index in [-0.39, 0.29) is 11.7 Å². The highest BCUT2D eigenvalue weighted by Gasteiger charge is 2.27. The number of halogens is 1. The minimum Gasteiger partial charge on any atom is -0.495 e. The third-order valence-corrected chi connectivity index (χ3v) is 4.59. The molecular weight excluding hydrogens is 368 g/mol. The van der Waals surface area contributed by atoms with E-state index in [1.807, 2.05) is 4.57 Å². The van der Waals surface area contributed by atoms with Crippen LogP contribution in [-0.2, 0) is 13.0 Å². The molecule has 1 aliphatic rings. The van der Waals surface area contributed by atoms with Crippen LogP contribution in [0.25, 0.3) is 0 Å². The second-order valence-corrected chi connectivity index (χ2v) is 6.57. The minimum absolute atomic E-state index is 0.204. The highest BCUT2D eigenvalue weighted by molar-refractivity contribution is 6.31. The molecule has 2 aromatic rings. The summed E-state index contributed by atoms with van der Waals surface area (Å²) in [6.07, 6.45) is 4.19. The fraction of sp³-hybridized carbons (Fsp3) is 0.316. The maximum absolute atomic E-state index is 12.9. The first-order valence-corrected chi connectivity index (χ1v) is 9.06. The van der Waals surface area contributed by atoms with Crippen molar-refractivity contribution in [3.05, 3.63) is 53.1 Å². The lowest BCUT2D eigenvalue weighted by Gasteiger charge is -2.17. The van der Waals surface area contributed by atoms with Gasteiger partial charge < -0.3 is 19.9 Å². The van der Waals surface area contributed by atoms with Crippen molar-refractivity contribution in [2.24, 2.45) is 0 Å². The Hall–Kier alpha value is -2.80. The van der Waals surface area contributed by atoms with Gasteiger partial charge in [0.1, 0.15) is 11.4 Å². The molecule has 8 heteroatoms. The highest BCUT2D eigenvalue weighted by Crippen LogP contribution is 2.29. The number of carbonyl (C=O) groups excluding carboxylic acids is 2. The molecule has 0 bridgehead atoms. The van der Waals surface area contributed by atoms with Crippen molar-refractivity contribution in [3.63, 3.8) is 0 Å². The Morgan fingerprint density at radius 3 is 2.93 bits per heavy atom. The number of benzene rings is 1. The predicted octanol–water partition coefficient (Wildman–Crippen LogP) is 3.05. The Labute approximate surface area is 162 Å². The van der Waals surface area contributed by atoms with E-state index in [1.165, 1.54) is 7.11 Å². The van der Waals surface area contributed by atoms with Crippen LogP contribution in [0.4, 0.5) is 5.69 Å². The number of nitrogens with one attached hydrogen (secondary N) is 2. The van der Waals surface area contributed by atoms with E-state index in [0.717, 1.165) is 18.5 Å². The summed E-state index contributed by atoms with van der Waals surface area (Å²) in [7, 11) is 1.51. The summed E-state index contributed by atoms with van der Waals surface area (Å²) < 4.78 is 7.08. The monoisotopic (exact) mass is 388 g/mol. The predicted molar refractivity (Wildman–Crippen MR) is 104 cm³/mol. The van der Waals surface area contributed by atoms with E-state index in [2.05, 4.69) is 22.2 Å². The Balaban J connectivity index is 1.93. The molecule has 2 amide bonds. The molecule has 2 heterocycles. The van der Waals surface area contributed by atoms with Crippen molar-refractivity contribution in [2.45, 2.75) is 25.8 Å². The molecule has 3 rings (SSSR count). The van der Waals surface area contributed by atoms with Gasteiger partial charge in [-0.05, 0) is 37.5 Å². The van der Waals surface area contributed by atoms with Crippen LogP contribution in [0.15, 0.2) is 30.9 Å². The molecule has 0 unspecified atom stereocenters. The highest BCUT2D eigenvalue weighted by atomic mass is 35.5. The fourth-order valence-electron chi connectivity index (χ4n) is 3.10. The summed E-state index contributed by atoms with van der Waals surface area (Å²) >= 11 is 6.02.